The summed E-state index contributed by atoms with van der Waals surface area (Å²) < 4.78 is 0. The van der Waals surface area contributed by atoms with Crippen LogP contribution in [0.4, 0.5) is 0 Å². The van der Waals surface area contributed by atoms with Crippen molar-refractivity contribution in [2.45, 2.75) is 31.7 Å². The number of carbonyl (C=O) groups is 2. The number of carboxylic acid groups (broad SMARTS) is 1. The van der Waals surface area contributed by atoms with Crippen molar-refractivity contribution >= 4 is 12.4 Å². The molecule has 1 atom stereocenters. The molecule has 1 aromatic rings. The van der Waals surface area contributed by atoms with Crippen molar-refractivity contribution in [1.29, 1.82) is 0 Å². The summed E-state index contributed by atoms with van der Waals surface area (Å²) >= 11 is 0. The van der Waals surface area contributed by atoms with Gasteiger partial charge in [0.25, 0.3) is 0 Å². The highest BCUT2D eigenvalue weighted by Gasteiger charge is 2.10. The summed E-state index contributed by atoms with van der Waals surface area (Å²) in [6.45, 7) is 0. The normalized spacial score (nSPS) is 12.0. The Morgan fingerprint density at radius 3 is 2.94 bits per heavy atom. The zero-order chi connectivity index (χ0) is 11.8. The maximum absolute atomic E-state index is 10.4. The van der Waals surface area contributed by atoms with Crippen LogP contribution in [0.15, 0.2) is 18.3 Å². The zero-order valence-electron chi connectivity index (χ0n) is 8.98. The van der Waals surface area contributed by atoms with Gasteiger partial charge in [-0.3, -0.25) is 9.59 Å². The Morgan fingerprint density at radius 2 is 2.38 bits per heavy atom. The standard InChI is InChI=1S/C11H16N2O3/c14-8-13-10(9-5-3-7-12-9)4-1-2-6-11(15)16/h3,5,7-8,10,12H,1-2,4,6H2,(H,13,14)(H,15,16)/t10-/m0/s1. The first-order chi connectivity index (χ1) is 7.74. The van der Waals surface area contributed by atoms with E-state index in [0.717, 1.165) is 18.5 Å². The van der Waals surface area contributed by atoms with Crippen LogP contribution in [-0.4, -0.2) is 22.5 Å². The van der Waals surface area contributed by atoms with Gasteiger partial charge < -0.3 is 15.4 Å². The van der Waals surface area contributed by atoms with Crippen molar-refractivity contribution in [3.05, 3.63) is 24.0 Å². The number of hydrogen-bond donors (Lipinski definition) is 3. The van der Waals surface area contributed by atoms with Gasteiger partial charge in [0.1, 0.15) is 0 Å². The number of H-pyrrole nitrogens is 1. The average molecular weight is 224 g/mol. The minimum atomic E-state index is -0.778. The first-order valence-corrected chi connectivity index (χ1v) is 5.29. The number of aliphatic carboxylic acids is 1. The molecule has 88 valence electrons. The van der Waals surface area contributed by atoms with Crippen molar-refractivity contribution in [3.8, 4) is 0 Å². The molecule has 0 bridgehead atoms. The van der Waals surface area contributed by atoms with Crippen LogP contribution in [0.2, 0.25) is 0 Å². The second-order valence-electron chi connectivity index (χ2n) is 3.60. The molecule has 1 rings (SSSR count). The van der Waals surface area contributed by atoms with Crippen molar-refractivity contribution in [2.75, 3.05) is 0 Å². The molecular formula is C11H16N2O3. The van der Waals surface area contributed by atoms with Gasteiger partial charge in [0.05, 0.1) is 6.04 Å². The van der Waals surface area contributed by atoms with E-state index in [1.54, 1.807) is 6.20 Å². The van der Waals surface area contributed by atoms with Crippen LogP contribution in [0.1, 0.15) is 37.4 Å². The van der Waals surface area contributed by atoms with Gasteiger partial charge in [-0.15, -0.1) is 0 Å². The smallest absolute Gasteiger partial charge is 0.303 e. The van der Waals surface area contributed by atoms with Gasteiger partial charge in [0.2, 0.25) is 6.41 Å². The van der Waals surface area contributed by atoms with E-state index >= 15 is 0 Å². The van der Waals surface area contributed by atoms with Crippen LogP contribution in [0.3, 0.4) is 0 Å². The lowest BCUT2D eigenvalue weighted by Gasteiger charge is -2.14. The molecule has 1 heterocycles. The topological polar surface area (TPSA) is 82.2 Å². The first-order valence-electron chi connectivity index (χ1n) is 5.29. The lowest BCUT2D eigenvalue weighted by molar-refractivity contribution is -0.137. The molecule has 0 aromatic carbocycles. The van der Waals surface area contributed by atoms with E-state index in [-0.39, 0.29) is 12.5 Å². The molecule has 1 amide bonds. The lowest BCUT2D eigenvalue weighted by Crippen LogP contribution is -2.19. The van der Waals surface area contributed by atoms with E-state index in [1.807, 2.05) is 12.1 Å². The Morgan fingerprint density at radius 1 is 1.56 bits per heavy atom. The predicted molar refractivity (Wildman–Crippen MR) is 58.8 cm³/mol. The number of carboxylic acids is 1. The highest BCUT2D eigenvalue weighted by molar-refractivity contribution is 5.66. The Hall–Kier alpha value is -1.78. The van der Waals surface area contributed by atoms with Crippen molar-refractivity contribution in [2.24, 2.45) is 0 Å². The van der Waals surface area contributed by atoms with Crippen molar-refractivity contribution in [3.63, 3.8) is 0 Å². The minimum Gasteiger partial charge on any atom is -0.481 e. The third kappa shape index (κ3) is 4.16. The lowest BCUT2D eigenvalue weighted by atomic mass is 10.1. The van der Waals surface area contributed by atoms with E-state index in [1.165, 1.54) is 0 Å². The van der Waals surface area contributed by atoms with E-state index < -0.39 is 5.97 Å². The van der Waals surface area contributed by atoms with Gasteiger partial charge in [-0.2, -0.15) is 0 Å². The van der Waals surface area contributed by atoms with Gasteiger partial charge in [-0.05, 0) is 25.0 Å². The Kier molecular flexibility index (Phi) is 5.11. The maximum Gasteiger partial charge on any atom is 0.303 e. The molecular weight excluding hydrogens is 208 g/mol. The second-order valence-corrected chi connectivity index (χ2v) is 3.60. The Labute approximate surface area is 93.9 Å². The summed E-state index contributed by atoms with van der Waals surface area (Å²) in [4.78, 5) is 23.8. The van der Waals surface area contributed by atoms with E-state index in [4.69, 9.17) is 5.11 Å². The molecule has 0 saturated carbocycles. The van der Waals surface area contributed by atoms with Gasteiger partial charge in [0.15, 0.2) is 0 Å². The number of unbranched alkanes of at least 4 members (excludes halogenated alkanes) is 1. The van der Waals surface area contributed by atoms with Crippen molar-refractivity contribution < 1.29 is 14.7 Å². The average Bonchev–Trinajstić information content (AvgIpc) is 2.75. The third-order valence-corrected chi connectivity index (χ3v) is 2.40. The Bertz CT molecular complexity index is 322. The quantitative estimate of drug-likeness (QED) is 0.461. The molecule has 1 aromatic heterocycles. The van der Waals surface area contributed by atoms with Crippen LogP contribution in [0, 0.1) is 0 Å². The molecule has 0 saturated heterocycles. The summed E-state index contributed by atoms with van der Waals surface area (Å²) in [5, 5.41) is 11.2. The number of rotatable bonds is 8. The fraction of sp³-hybridized carbons (Fsp3) is 0.455. The number of aromatic amines is 1. The molecule has 5 heteroatoms. The van der Waals surface area contributed by atoms with E-state index in [2.05, 4.69) is 10.3 Å². The number of aromatic nitrogens is 1. The summed E-state index contributed by atoms with van der Waals surface area (Å²) in [6, 6.07) is 3.71. The van der Waals surface area contributed by atoms with Crippen LogP contribution in [-0.2, 0) is 9.59 Å². The summed E-state index contributed by atoms with van der Waals surface area (Å²) in [7, 11) is 0. The molecule has 0 unspecified atom stereocenters. The highest BCUT2D eigenvalue weighted by atomic mass is 16.4. The summed E-state index contributed by atoms with van der Waals surface area (Å²) in [6.07, 6.45) is 4.80. The molecule has 0 spiro atoms. The van der Waals surface area contributed by atoms with Gasteiger partial charge >= 0.3 is 5.97 Å². The molecule has 0 aliphatic carbocycles. The van der Waals surface area contributed by atoms with Crippen LogP contribution >= 0.6 is 0 Å². The number of amides is 1. The SMILES string of the molecule is O=CN[C@@H](CCCCC(=O)O)c1ccc[nH]1. The first kappa shape index (κ1) is 12.3. The fourth-order valence-electron chi connectivity index (χ4n) is 1.60. The number of nitrogens with one attached hydrogen (secondary N) is 2. The third-order valence-electron chi connectivity index (χ3n) is 2.40. The molecule has 3 N–H and O–H groups in total. The second kappa shape index (κ2) is 6.66. The van der Waals surface area contributed by atoms with E-state index in [9.17, 15) is 9.59 Å². The zero-order valence-corrected chi connectivity index (χ0v) is 8.98. The molecule has 5 nitrogen and oxygen atoms in total. The number of hydrogen-bond acceptors (Lipinski definition) is 2. The maximum atomic E-state index is 10.4. The van der Waals surface area contributed by atoms with Crippen molar-refractivity contribution in [1.82, 2.24) is 10.3 Å². The summed E-state index contributed by atoms with van der Waals surface area (Å²) in [5.41, 5.74) is 0.947. The van der Waals surface area contributed by atoms with E-state index in [0.29, 0.717) is 12.8 Å². The Balaban J connectivity index is 2.34. The molecule has 0 aliphatic rings. The largest absolute Gasteiger partial charge is 0.481 e. The molecule has 0 radical (unpaired) electrons. The monoisotopic (exact) mass is 224 g/mol. The molecule has 16 heavy (non-hydrogen) atoms. The number of carbonyl (C=O) groups excluding carboxylic acids is 1. The molecule has 0 fully saturated rings. The van der Waals surface area contributed by atoms with Gasteiger partial charge in [0, 0.05) is 18.3 Å². The molecule has 0 aliphatic heterocycles. The minimum absolute atomic E-state index is 0.0544. The van der Waals surface area contributed by atoms with Crippen LogP contribution in [0.5, 0.6) is 0 Å². The van der Waals surface area contributed by atoms with Gasteiger partial charge in [-0.1, -0.05) is 6.42 Å². The summed E-state index contributed by atoms with van der Waals surface area (Å²) in [5.74, 6) is -0.778. The van der Waals surface area contributed by atoms with Gasteiger partial charge in [-0.25, -0.2) is 0 Å². The van der Waals surface area contributed by atoms with Crippen LogP contribution in [0.25, 0.3) is 0 Å². The fourth-order valence-corrected chi connectivity index (χ4v) is 1.60. The predicted octanol–water partition coefficient (Wildman–Crippen LogP) is 1.45. The highest BCUT2D eigenvalue weighted by Crippen LogP contribution is 2.17. The van der Waals surface area contributed by atoms with Crippen LogP contribution < -0.4 is 5.32 Å².